The summed E-state index contributed by atoms with van der Waals surface area (Å²) in [6.07, 6.45) is 3.84. The molecule has 0 aromatic heterocycles. The van der Waals surface area contributed by atoms with E-state index in [9.17, 15) is 8.42 Å². The van der Waals surface area contributed by atoms with E-state index >= 15 is 0 Å². The summed E-state index contributed by atoms with van der Waals surface area (Å²) in [4.78, 5) is 0.138. The van der Waals surface area contributed by atoms with Gasteiger partial charge in [0, 0.05) is 18.1 Å². The van der Waals surface area contributed by atoms with Crippen molar-refractivity contribution in [3.8, 4) is 0 Å². The molecule has 1 aliphatic rings. The first-order valence-corrected chi connectivity index (χ1v) is 8.98. The van der Waals surface area contributed by atoms with E-state index in [4.69, 9.17) is 17.3 Å². The standard InChI is InChI=1S/C15H23ClN2O2S/c1-15(2)8-6-12(7-9-15)18(3)21(19,20)14-5-4-11(16)10-13(14)17/h4-5,10,12H,6-9,17H2,1-3H3. The maximum absolute atomic E-state index is 12.7. The minimum atomic E-state index is -3.57. The van der Waals surface area contributed by atoms with Gasteiger partial charge in [-0.2, -0.15) is 4.31 Å². The Balaban J connectivity index is 2.23. The summed E-state index contributed by atoms with van der Waals surface area (Å²) < 4.78 is 26.9. The maximum atomic E-state index is 12.7. The molecule has 1 aromatic rings. The molecule has 1 saturated carbocycles. The molecule has 0 aliphatic heterocycles. The molecule has 1 fully saturated rings. The molecule has 0 radical (unpaired) electrons. The average Bonchev–Trinajstić information content (AvgIpc) is 2.37. The van der Waals surface area contributed by atoms with Gasteiger partial charge in [-0.3, -0.25) is 0 Å². The lowest BCUT2D eigenvalue weighted by Gasteiger charge is -2.38. The van der Waals surface area contributed by atoms with Crippen LogP contribution in [0.25, 0.3) is 0 Å². The Bertz CT molecular complexity index is 619. The van der Waals surface area contributed by atoms with Crippen LogP contribution in [0.4, 0.5) is 5.69 Å². The SMILES string of the molecule is CN(C1CCC(C)(C)CC1)S(=O)(=O)c1ccc(Cl)cc1N. The second-order valence-corrected chi connectivity index (χ2v) is 9.00. The molecule has 1 aromatic carbocycles. The molecule has 0 amide bonds. The van der Waals surface area contributed by atoms with Crippen LogP contribution in [0.2, 0.25) is 5.02 Å². The van der Waals surface area contributed by atoms with E-state index in [0.717, 1.165) is 25.7 Å². The average molecular weight is 331 g/mol. The van der Waals surface area contributed by atoms with Gasteiger partial charge in [-0.25, -0.2) is 8.42 Å². The zero-order chi connectivity index (χ0) is 15.8. The first-order chi connectivity index (χ1) is 9.63. The third-order valence-electron chi connectivity index (χ3n) is 4.45. The fourth-order valence-electron chi connectivity index (χ4n) is 2.85. The topological polar surface area (TPSA) is 63.4 Å². The van der Waals surface area contributed by atoms with Crippen molar-refractivity contribution in [3.05, 3.63) is 23.2 Å². The zero-order valence-electron chi connectivity index (χ0n) is 12.8. The highest BCUT2D eigenvalue weighted by atomic mass is 35.5. The van der Waals surface area contributed by atoms with Crippen LogP contribution in [0.5, 0.6) is 0 Å². The van der Waals surface area contributed by atoms with Crippen LogP contribution in [0.1, 0.15) is 39.5 Å². The highest BCUT2D eigenvalue weighted by Gasteiger charge is 2.34. The van der Waals surface area contributed by atoms with Gasteiger partial charge in [0.25, 0.3) is 0 Å². The van der Waals surface area contributed by atoms with Crippen molar-refractivity contribution in [3.63, 3.8) is 0 Å². The van der Waals surface area contributed by atoms with Gasteiger partial charge in [-0.15, -0.1) is 0 Å². The number of nitrogens with zero attached hydrogens (tertiary/aromatic N) is 1. The molecule has 0 bridgehead atoms. The molecule has 2 rings (SSSR count). The number of halogens is 1. The highest BCUT2D eigenvalue weighted by molar-refractivity contribution is 7.89. The quantitative estimate of drug-likeness (QED) is 0.862. The van der Waals surface area contributed by atoms with Crippen molar-refractivity contribution in [2.45, 2.75) is 50.5 Å². The van der Waals surface area contributed by atoms with Crippen LogP contribution < -0.4 is 5.73 Å². The molecule has 0 heterocycles. The molecule has 21 heavy (non-hydrogen) atoms. The molecular weight excluding hydrogens is 308 g/mol. The fraction of sp³-hybridized carbons (Fsp3) is 0.600. The first kappa shape index (κ1) is 16.6. The maximum Gasteiger partial charge on any atom is 0.245 e. The molecule has 0 spiro atoms. The van der Waals surface area contributed by atoms with Gasteiger partial charge >= 0.3 is 0 Å². The Morgan fingerprint density at radius 3 is 2.38 bits per heavy atom. The third-order valence-corrected chi connectivity index (χ3v) is 6.67. The third kappa shape index (κ3) is 3.52. The number of benzene rings is 1. The van der Waals surface area contributed by atoms with Gasteiger partial charge in [0.2, 0.25) is 10.0 Å². The number of hydrogen-bond acceptors (Lipinski definition) is 3. The van der Waals surface area contributed by atoms with E-state index in [1.165, 1.54) is 16.4 Å². The van der Waals surface area contributed by atoms with Crippen molar-refractivity contribution in [2.24, 2.45) is 5.41 Å². The van der Waals surface area contributed by atoms with Crippen LogP contribution in [-0.4, -0.2) is 25.8 Å². The number of sulfonamides is 1. The van der Waals surface area contributed by atoms with Crippen LogP contribution >= 0.6 is 11.6 Å². The van der Waals surface area contributed by atoms with Crippen LogP contribution in [0.15, 0.2) is 23.1 Å². The van der Waals surface area contributed by atoms with Crippen molar-refractivity contribution in [1.29, 1.82) is 0 Å². The summed E-state index contributed by atoms with van der Waals surface area (Å²) in [6, 6.07) is 4.56. The zero-order valence-corrected chi connectivity index (χ0v) is 14.3. The molecule has 118 valence electrons. The van der Waals surface area contributed by atoms with E-state index in [0.29, 0.717) is 10.4 Å². The van der Waals surface area contributed by atoms with Gasteiger partial charge in [0.1, 0.15) is 4.90 Å². The second kappa shape index (κ2) is 5.78. The molecule has 0 atom stereocenters. The van der Waals surface area contributed by atoms with Gasteiger partial charge in [0.05, 0.1) is 5.69 Å². The molecule has 4 nitrogen and oxygen atoms in total. The Hall–Kier alpha value is -0.780. The van der Waals surface area contributed by atoms with Crippen molar-refractivity contribution in [1.82, 2.24) is 4.31 Å². The Labute approximate surface area is 132 Å². The van der Waals surface area contributed by atoms with E-state index in [1.54, 1.807) is 13.1 Å². The fourth-order valence-corrected chi connectivity index (χ4v) is 4.54. The lowest BCUT2D eigenvalue weighted by molar-refractivity contribution is 0.174. The van der Waals surface area contributed by atoms with Gasteiger partial charge < -0.3 is 5.73 Å². The van der Waals surface area contributed by atoms with E-state index < -0.39 is 10.0 Å². The summed E-state index contributed by atoms with van der Waals surface area (Å²) in [7, 11) is -1.93. The number of nitrogens with two attached hydrogens (primary N) is 1. The largest absolute Gasteiger partial charge is 0.398 e. The minimum absolute atomic E-state index is 0.0399. The normalized spacial score (nSPS) is 19.9. The molecule has 0 saturated heterocycles. The Kier molecular flexibility index (Phi) is 4.57. The molecule has 6 heteroatoms. The van der Waals surface area contributed by atoms with Crippen molar-refractivity contribution in [2.75, 3.05) is 12.8 Å². The Morgan fingerprint density at radius 2 is 1.86 bits per heavy atom. The predicted molar refractivity (Wildman–Crippen MR) is 86.9 cm³/mol. The van der Waals surface area contributed by atoms with Gasteiger partial charge in [-0.1, -0.05) is 25.4 Å². The molecule has 2 N–H and O–H groups in total. The summed E-state index contributed by atoms with van der Waals surface area (Å²) >= 11 is 5.84. The molecular formula is C15H23ClN2O2S. The lowest BCUT2D eigenvalue weighted by Crippen LogP contribution is -2.41. The van der Waals surface area contributed by atoms with E-state index in [2.05, 4.69) is 13.8 Å². The van der Waals surface area contributed by atoms with Crippen molar-refractivity contribution >= 4 is 27.3 Å². The van der Waals surface area contributed by atoms with Crippen molar-refractivity contribution < 1.29 is 8.42 Å². The monoisotopic (exact) mass is 330 g/mol. The highest BCUT2D eigenvalue weighted by Crippen LogP contribution is 2.38. The smallest absolute Gasteiger partial charge is 0.245 e. The summed E-state index contributed by atoms with van der Waals surface area (Å²) in [6.45, 7) is 4.46. The van der Waals surface area contributed by atoms with Crippen LogP contribution in [-0.2, 0) is 10.0 Å². The first-order valence-electron chi connectivity index (χ1n) is 7.16. The minimum Gasteiger partial charge on any atom is -0.398 e. The predicted octanol–water partition coefficient (Wildman–Crippen LogP) is 3.51. The molecule has 0 unspecified atom stereocenters. The van der Waals surface area contributed by atoms with Gasteiger partial charge in [-0.05, 0) is 49.3 Å². The Morgan fingerprint density at radius 1 is 1.29 bits per heavy atom. The number of rotatable bonds is 3. The van der Waals surface area contributed by atoms with Crippen LogP contribution in [0, 0.1) is 5.41 Å². The summed E-state index contributed by atoms with van der Waals surface area (Å²) in [5.74, 6) is 0. The number of nitrogen functional groups attached to an aromatic ring is 1. The molecule has 1 aliphatic carbocycles. The van der Waals surface area contributed by atoms with Crippen LogP contribution in [0.3, 0.4) is 0 Å². The number of hydrogen-bond donors (Lipinski definition) is 1. The lowest BCUT2D eigenvalue weighted by atomic mass is 9.76. The summed E-state index contributed by atoms with van der Waals surface area (Å²) in [5.41, 5.74) is 6.33. The van der Waals surface area contributed by atoms with E-state index in [1.807, 2.05) is 0 Å². The van der Waals surface area contributed by atoms with E-state index in [-0.39, 0.29) is 16.6 Å². The second-order valence-electron chi connectivity index (χ2n) is 6.60. The number of anilines is 1. The van der Waals surface area contributed by atoms with Gasteiger partial charge in [0.15, 0.2) is 0 Å². The summed E-state index contributed by atoms with van der Waals surface area (Å²) in [5, 5.41) is 0.438.